The summed E-state index contributed by atoms with van der Waals surface area (Å²) in [6.45, 7) is 0. The molecule has 0 amide bonds. The molecule has 3 rings (SSSR count). The first-order valence-electron chi connectivity index (χ1n) is 7.61. The molecule has 0 aliphatic heterocycles. The van der Waals surface area contributed by atoms with Crippen LogP contribution in [0.25, 0.3) is 5.69 Å². The van der Waals surface area contributed by atoms with Crippen LogP contribution in [0, 0.1) is 0 Å². The van der Waals surface area contributed by atoms with Crippen LogP contribution in [0.5, 0.6) is 0 Å². The minimum absolute atomic E-state index is 0.0125. The second kappa shape index (κ2) is 7.99. The standard InChI is InChI=1S/C17H15N7OS/c18-17(26)22-19-11-14-15(21-20-12-7-3-1-4-8-12)16(25)24(23-14)13-9-5-2-6-10-13/h1-11,23H,(H3,18,22,26). The number of thiocarbonyl (C=S) groups is 1. The van der Waals surface area contributed by atoms with E-state index in [1.165, 1.54) is 10.9 Å². The molecule has 26 heavy (non-hydrogen) atoms. The Labute approximate surface area is 154 Å². The molecule has 2 aromatic carbocycles. The summed E-state index contributed by atoms with van der Waals surface area (Å²) in [5.74, 6) is 0. The molecular weight excluding hydrogens is 350 g/mol. The number of para-hydroxylation sites is 1. The van der Waals surface area contributed by atoms with Gasteiger partial charge in [0.15, 0.2) is 10.8 Å². The summed E-state index contributed by atoms with van der Waals surface area (Å²) in [6, 6.07) is 18.2. The molecule has 0 fully saturated rings. The quantitative estimate of drug-likeness (QED) is 0.279. The molecule has 0 unspecified atom stereocenters. The molecule has 9 heteroatoms. The SMILES string of the molecule is NC(=S)NN=Cc1[nH]n(-c2ccccc2)c(=O)c1N=Nc1ccccc1. The van der Waals surface area contributed by atoms with Gasteiger partial charge in [-0.15, -0.1) is 5.11 Å². The van der Waals surface area contributed by atoms with E-state index in [9.17, 15) is 4.79 Å². The predicted octanol–water partition coefficient (Wildman–Crippen LogP) is 2.75. The van der Waals surface area contributed by atoms with Gasteiger partial charge in [0.2, 0.25) is 0 Å². The van der Waals surface area contributed by atoms with Crippen LogP contribution in [0.15, 0.2) is 80.8 Å². The number of H-pyrrole nitrogens is 1. The van der Waals surface area contributed by atoms with Gasteiger partial charge in [0.05, 0.1) is 17.6 Å². The number of hydrazone groups is 1. The van der Waals surface area contributed by atoms with Crippen molar-refractivity contribution >= 4 is 34.9 Å². The van der Waals surface area contributed by atoms with Crippen LogP contribution in [-0.4, -0.2) is 21.1 Å². The van der Waals surface area contributed by atoms with Crippen LogP contribution >= 0.6 is 12.2 Å². The van der Waals surface area contributed by atoms with Gasteiger partial charge in [-0.3, -0.25) is 15.3 Å². The average molecular weight is 365 g/mol. The lowest BCUT2D eigenvalue weighted by atomic mass is 10.3. The number of nitrogens with one attached hydrogen (secondary N) is 2. The molecule has 0 aliphatic carbocycles. The van der Waals surface area contributed by atoms with Crippen molar-refractivity contribution in [3.05, 3.63) is 76.7 Å². The van der Waals surface area contributed by atoms with Crippen LogP contribution in [-0.2, 0) is 0 Å². The van der Waals surface area contributed by atoms with Crippen molar-refractivity contribution in [3.63, 3.8) is 0 Å². The van der Waals surface area contributed by atoms with Crippen LogP contribution < -0.4 is 16.7 Å². The molecule has 130 valence electrons. The predicted molar refractivity (Wildman–Crippen MR) is 105 cm³/mol. The molecule has 3 aromatic rings. The number of hydrogen-bond donors (Lipinski definition) is 3. The van der Waals surface area contributed by atoms with Crippen LogP contribution in [0.1, 0.15) is 5.69 Å². The Morgan fingerprint density at radius 3 is 2.38 bits per heavy atom. The van der Waals surface area contributed by atoms with E-state index >= 15 is 0 Å². The Morgan fingerprint density at radius 1 is 1.08 bits per heavy atom. The zero-order valence-corrected chi connectivity index (χ0v) is 14.4. The Kier molecular flexibility index (Phi) is 5.30. The molecule has 0 saturated heterocycles. The van der Waals surface area contributed by atoms with Crippen LogP contribution in [0.4, 0.5) is 11.4 Å². The zero-order valence-electron chi connectivity index (χ0n) is 13.5. The highest BCUT2D eigenvalue weighted by atomic mass is 32.1. The molecule has 4 N–H and O–H groups in total. The average Bonchev–Trinajstić information content (AvgIpc) is 2.97. The monoisotopic (exact) mass is 365 g/mol. The first-order valence-corrected chi connectivity index (χ1v) is 8.02. The van der Waals surface area contributed by atoms with Gasteiger partial charge in [-0.05, 0) is 36.5 Å². The number of aromatic amines is 1. The third kappa shape index (κ3) is 4.08. The summed E-state index contributed by atoms with van der Waals surface area (Å²) >= 11 is 4.70. The number of benzene rings is 2. The third-order valence-corrected chi connectivity index (χ3v) is 3.39. The van der Waals surface area contributed by atoms with Gasteiger partial charge in [-0.2, -0.15) is 10.2 Å². The normalized spacial score (nSPS) is 11.2. The lowest BCUT2D eigenvalue weighted by Crippen LogP contribution is -2.24. The molecule has 0 radical (unpaired) electrons. The zero-order chi connectivity index (χ0) is 18.4. The Bertz CT molecular complexity index is 1010. The molecule has 0 atom stereocenters. The highest BCUT2D eigenvalue weighted by Crippen LogP contribution is 2.18. The second-order valence-corrected chi connectivity index (χ2v) is 5.56. The number of nitrogens with two attached hydrogens (primary N) is 1. The summed E-state index contributed by atoms with van der Waals surface area (Å²) in [6.07, 6.45) is 1.37. The lowest BCUT2D eigenvalue weighted by Gasteiger charge is -1.99. The molecule has 0 spiro atoms. The number of aromatic nitrogens is 2. The molecule has 0 saturated carbocycles. The summed E-state index contributed by atoms with van der Waals surface area (Å²) in [7, 11) is 0. The van der Waals surface area contributed by atoms with E-state index in [1.807, 2.05) is 36.4 Å². The molecule has 1 aromatic heterocycles. The van der Waals surface area contributed by atoms with Crippen molar-refractivity contribution < 1.29 is 0 Å². The van der Waals surface area contributed by atoms with E-state index in [4.69, 9.17) is 18.0 Å². The van der Waals surface area contributed by atoms with E-state index in [2.05, 4.69) is 25.9 Å². The van der Waals surface area contributed by atoms with Crippen molar-refractivity contribution in [2.24, 2.45) is 21.1 Å². The van der Waals surface area contributed by atoms with Crippen molar-refractivity contribution in [2.75, 3.05) is 0 Å². The summed E-state index contributed by atoms with van der Waals surface area (Å²) < 4.78 is 1.36. The third-order valence-electron chi connectivity index (χ3n) is 3.30. The van der Waals surface area contributed by atoms with Crippen LogP contribution in [0.3, 0.4) is 0 Å². The second-order valence-electron chi connectivity index (χ2n) is 5.12. The summed E-state index contributed by atoms with van der Waals surface area (Å²) in [4.78, 5) is 12.8. The maximum Gasteiger partial charge on any atom is 0.299 e. The lowest BCUT2D eigenvalue weighted by molar-refractivity contribution is 0.845. The largest absolute Gasteiger partial charge is 0.375 e. The van der Waals surface area contributed by atoms with Crippen molar-refractivity contribution in [3.8, 4) is 5.69 Å². The van der Waals surface area contributed by atoms with Gasteiger partial charge in [0, 0.05) is 0 Å². The minimum atomic E-state index is -0.354. The van der Waals surface area contributed by atoms with E-state index in [0.717, 1.165) is 0 Å². The number of rotatable bonds is 5. The maximum absolute atomic E-state index is 12.8. The van der Waals surface area contributed by atoms with E-state index in [-0.39, 0.29) is 16.4 Å². The van der Waals surface area contributed by atoms with Gasteiger partial charge in [0.25, 0.3) is 5.56 Å². The Balaban J connectivity index is 2.03. The highest BCUT2D eigenvalue weighted by molar-refractivity contribution is 7.80. The first-order chi connectivity index (χ1) is 12.6. The molecule has 0 bridgehead atoms. The molecule has 8 nitrogen and oxygen atoms in total. The Hall–Kier alpha value is -3.59. The van der Waals surface area contributed by atoms with Gasteiger partial charge in [-0.25, -0.2) is 4.68 Å². The van der Waals surface area contributed by atoms with Crippen molar-refractivity contribution in [2.45, 2.75) is 0 Å². The van der Waals surface area contributed by atoms with Gasteiger partial charge >= 0.3 is 0 Å². The smallest absolute Gasteiger partial charge is 0.299 e. The fourth-order valence-corrected chi connectivity index (χ4v) is 2.21. The van der Waals surface area contributed by atoms with E-state index in [1.54, 1.807) is 24.3 Å². The fourth-order valence-electron chi connectivity index (χ4n) is 2.15. The topological polar surface area (TPSA) is 113 Å². The molecular formula is C17H15N7OS. The number of nitrogens with zero attached hydrogens (tertiary/aromatic N) is 4. The molecule has 0 aliphatic rings. The Morgan fingerprint density at radius 2 is 1.73 bits per heavy atom. The minimum Gasteiger partial charge on any atom is -0.375 e. The van der Waals surface area contributed by atoms with Gasteiger partial charge in [0.1, 0.15) is 5.69 Å². The van der Waals surface area contributed by atoms with E-state index < -0.39 is 0 Å². The van der Waals surface area contributed by atoms with Gasteiger partial charge in [-0.1, -0.05) is 36.4 Å². The van der Waals surface area contributed by atoms with Crippen LogP contribution in [0.2, 0.25) is 0 Å². The highest BCUT2D eigenvalue weighted by Gasteiger charge is 2.14. The number of hydrogen-bond acceptors (Lipinski definition) is 5. The maximum atomic E-state index is 12.8. The van der Waals surface area contributed by atoms with E-state index in [0.29, 0.717) is 17.1 Å². The number of azo groups is 1. The summed E-state index contributed by atoms with van der Waals surface area (Å²) in [5.41, 5.74) is 9.20. The van der Waals surface area contributed by atoms with Crippen molar-refractivity contribution in [1.82, 2.24) is 15.2 Å². The first kappa shape index (κ1) is 17.2. The fraction of sp³-hybridized carbons (Fsp3) is 0. The van der Waals surface area contributed by atoms with Crippen molar-refractivity contribution in [1.29, 1.82) is 0 Å². The van der Waals surface area contributed by atoms with Gasteiger partial charge < -0.3 is 5.73 Å². The molecule has 1 heterocycles. The summed E-state index contributed by atoms with van der Waals surface area (Å²) in [5, 5.41) is 15.0.